The van der Waals surface area contributed by atoms with Crippen molar-refractivity contribution in [3.05, 3.63) is 78.1 Å². The normalized spacial score (nSPS) is 11.9. The molecule has 0 aliphatic carbocycles. The summed E-state index contributed by atoms with van der Waals surface area (Å²) >= 11 is 0. The van der Waals surface area contributed by atoms with E-state index in [0.29, 0.717) is 22.5 Å². The smallest absolute Gasteiger partial charge is 0.289 e. The van der Waals surface area contributed by atoms with Gasteiger partial charge in [0.05, 0.1) is 18.2 Å². The maximum atomic E-state index is 12.7. The first-order chi connectivity index (χ1) is 17.4. The fourth-order valence-electron chi connectivity index (χ4n) is 4.43. The number of carbonyl (C=O) groups excluding carboxylic acids is 2. The number of fused-ring (bicyclic) bond motifs is 1. The molecule has 1 atom stereocenters. The van der Waals surface area contributed by atoms with Crippen LogP contribution >= 0.6 is 0 Å². The first kappa shape index (κ1) is 25.0. The van der Waals surface area contributed by atoms with Gasteiger partial charge >= 0.3 is 0 Å². The van der Waals surface area contributed by atoms with Crippen LogP contribution in [0.1, 0.15) is 35.7 Å². The summed E-state index contributed by atoms with van der Waals surface area (Å²) in [7, 11) is 1.43. The van der Waals surface area contributed by atoms with Gasteiger partial charge in [-0.15, -0.1) is 0 Å². The van der Waals surface area contributed by atoms with E-state index in [0.717, 1.165) is 36.0 Å². The number of methoxy groups -OCH3 is 1. The zero-order valence-corrected chi connectivity index (χ0v) is 20.4. The Bertz CT molecular complexity index is 1380. The molecule has 0 saturated heterocycles. The first-order valence-corrected chi connectivity index (χ1v) is 11.9. The van der Waals surface area contributed by atoms with Gasteiger partial charge in [0.25, 0.3) is 11.7 Å². The predicted octanol–water partition coefficient (Wildman–Crippen LogP) is 4.59. The molecule has 2 aromatic heterocycles. The lowest BCUT2D eigenvalue weighted by Crippen LogP contribution is -2.24. The number of Topliss-reactive ketones (excluding diaryl/α,β-unsaturated/α-hetero) is 1. The van der Waals surface area contributed by atoms with Gasteiger partial charge < -0.3 is 15.6 Å². The first-order valence-electron chi connectivity index (χ1n) is 11.9. The molecular formula is C29H29N3O4. The summed E-state index contributed by atoms with van der Waals surface area (Å²) in [6, 6.07) is 18.0. The van der Waals surface area contributed by atoms with Crippen molar-refractivity contribution in [2.24, 2.45) is 11.7 Å². The van der Waals surface area contributed by atoms with Crippen molar-refractivity contribution in [1.82, 2.24) is 9.97 Å². The number of aliphatic hydroxyl groups excluding tert-OH is 1. The maximum Gasteiger partial charge on any atom is 0.289 e. The van der Waals surface area contributed by atoms with Gasteiger partial charge in [-0.2, -0.15) is 0 Å². The summed E-state index contributed by atoms with van der Waals surface area (Å²) < 4.78 is 5.56. The number of hydrogen-bond donors (Lipinski definition) is 2. The molecule has 3 N–H and O–H groups in total. The molecule has 7 heteroatoms. The zero-order valence-electron chi connectivity index (χ0n) is 20.4. The largest absolute Gasteiger partial charge is 0.494 e. The molecule has 2 aromatic carbocycles. The molecule has 0 bridgehead atoms. The van der Waals surface area contributed by atoms with Crippen molar-refractivity contribution < 1.29 is 19.4 Å². The number of primary amides is 1. The highest BCUT2D eigenvalue weighted by Gasteiger charge is 2.25. The minimum Gasteiger partial charge on any atom is -0.494 e. The van der Waals surface area contributed by atoms with Crippen LogP contribution in [0.4, 0.5) is 0 Å². The molecule has 0 saturated carbocycles. The second-order valence-electron chi connectivity index (χ2n) is 8.90. The van der Waals surface area contributed by atoms with E-state index in [2.05, 4.69) is 36.2 Å². The Morgan fingerprint density at radius 3 is 2.25 bits per heavy atom. The average molecular weight is 484 g/mol. The number of nitrogens with two attached hydrogens (primary N) is 1. The molecule has 184 valence electrons. The van der Waals surface area contributed by atoms with E-state index >= 15 is 0 Å². The maximum absolute atomic E-state index is 12.7. The highest BCUT2D eigenvalue weighted by Crippen LogP contribution is 2.37. The lowest BCUT2D eigenvalue weighted by molar-refractivity contribution is -0.114. The molecule has 4 rings (SSSR count). The van der Waals surface area contributed by atoms with E-state index in [1.165, 1.54) is 18.9 Å². The van der Waals surface area contributed by atoms with Crippen LogP contribution in [0.3, 0.4) is 0 Å². The summed E-state index contributed by atoms with van der Waals surface area (Å²) in [5.41, 5.74) is 10.5. The van der Waals surface area contributed by atoms with Crippen LogP contribution in [0.15, 0.2) is 67.0 Å². The van der Waals surface area contributed by atoms with Gasteiger partial charge in [-0.05, 0) is 47.9 Å². The molecule has 0 aliphatic heterocycles. The average Bonchev–Trinajstić information content (AvgIpc) is 2.90. The van der Waals surface area contributed by atoms with Gasteiger partial charge in [0.15, 0.2) is 5.75 Å². The minimum absolute atomic E-state index is 0.0611. The number of ketones is 1. The number of ether oxygens (including phenoxy) is 1. The summed E-state index contributed by atoms with van der Waals surface area (Å²) in [5, 5.41) is 9.43. The molecule has 36 heavy (non-hydrogen) atoms. The van der Waals surface area contributed by atoms with Gasteiger partial charge in [-0.1, -0.05) is 55.5 Å². The third-order valence-corrected chi connectivity index (χ3v) is 6.28. The number of amides is 1. The quantitative estimate of drug-likeness (QED) is 0.252. The second kappa shape index (κ2) is 11.1. The van der Waals surface area contributed by atoms with Crippen molar-refractivity contribution in [2.75, 3.05) is 13.7 Å². The van der Waals surface area contributed by atoms with Crippen LogP contribution in [-0.4, -0.2) is 40.5 Å². The zero-order chi connectivity index (χ0) is 25.7. The summed E-state index contributed by atoms with van der Waals surface area (Å²) in [5.74, 6) is -1.21. The fraction of sp³-hybridized carbons (Fsp3) is 0.241. The van der Waals surface area contributed by atoms with Gasteiger partial charge in [-0.25, -0.2) is 4.98 Å². The van der Waals surface area contributed by atoms with Crippen molar-refractivity contribution in [3.63, 3.8) is 0 Å². The van der Waals surface area contributed by atoms with Gasteiger partial charge in [0.1, 0.15) is 5.69 Å². The third-order valence-electron chi connectivity index (χ3n) is 6.28. The Balaban J connectivity index is 1.66. The van der Waals surface area contributed by atoms with E-state index in [1.807, 2.05) is 24.3 Å². The highest BCUT2D eigenvalue weighted by molar-refractivity contribution is 6.45. The summed E-state index contributed by atoms with van der Waals surface area (Å²) in [6.45, 7) is 2.44. The Hall–Kier alpha value is -4.10. The SMILES string of the molecule is COc1c(-c2ccc(-c3ccc(CC(C)CCCO)cc3)cc2)nc2ccncc2c1C(=O)C(N)=O. The van der Waals surface area contributed by atoms with Crippen molar-refractivity contribution in [2.45, 2.75) is 26.2 Å². The van der Waals surface area contributed by atoms with Gasteiger partial charge in [0, 0.05) is 30.0 Å². The molecule has 4 aromatic rings. The minimum atomic E-state index is -1.07. The van der Waals surface area contributed by atoms with Crippen LogP contribution in [0.2, 0.25) is 0 Å². The molecule has 0 aliphatic rings. The number of aliphatic hydroxyl groups is 1. The standard InChI is InChI=1S/C29H29N3O4/c1-18(4-3-15-33)16-19-5-7-20(8-6-19)21-9-11-22(12-10-21)26-28(36-2)25(27(34)29(30)35)23-17-31-14-13-24(23)32-26/h5-14,17-18,33H,3-4,15-16H2,1-2H3,(H2,30,35). The Labute approximate surface area is 210 Å². The monoisotopic (exact) mass is 483 g/mol. The van der Waals surface area contributed by atoms with E-state index in [9.17, 15) is 9.59 Å². The summed E-state index contributed by atoms with van der Waals surface area (Å²) in [6.07, 6.45) is 5.87. The van der Waals surface area contributed by atoms with Crippen molar-refractivity contribution >= 4 is 22.6 Å². The van der Waals surface area contributed by atoms with Crippen molar-refractivity contribution in [3.8, 4) is 28.1 Å². The highest BCUT2D eigenvalue weighted by atomic mass is 16.5. The topological polar surface area (TPSA) is 115 Å². The molecule has 2 heterocycles. The molecule has 0 fully saturated rings. The summed E-state index contributed by atoms with van der Waals surface area (Å²) in [4.78, 5) is 33.2. The van der Waals surface area contributed by atoms with E-state index in [1.54, 1.807) is 12.3 Å². The molecular weight excluding hydrogens is 454 g/mol. The Morgan fingerprint density at radius 1 is 1.00 bits per heavy atom. The van der Waals surface area contributed by atoms with Crippen LogP contribution in [-0.2, 0) is 11.2 Å². The number of rotatable bonds is 10. The number of carbonyl (C=O) groups is 2. The third kappa shape index (κ3) is 5.26. The molecule has 0 spiro atoms. The molecule has 0 radical (unpaired) electrons. The number of benzene rings is 2. The molecule has 7 nitrogen and oxygen atoms in total. The van der Waals surface area contributed by atoms with Crippen LogP contribution in [0.25, 0.3) is 33.3 Å². The van der Waals surface area contributed by atoms with Gasteiger partial charge in [0.2, 0.25) is 0 Å². The number of hydrogen-bond acceptors (Lipinski definition) is 6. The van der Waals surface area contributed by atoms with E-state index in [4.69, 9.17) is 20.6 Å². The predicted molar refractivity (Wildman–Crippen MR) is 140 cm³/mol. The number of aromatic nitrogens is 2. The Kier molecular flexibility index (Phi) is 7.71. The second-order valence-corrected chi connectivity index (χ2v) is 8.90. The number of pyridine rings is 2. The lowest BCUT2D eigenvalue weighted by Gasteiger charge is -2.15. The van der Waals surface area contributed by atoms with Gasteiger partial charge in [-0.3, -0.25) is 14.6 Å². The Morgan fingerprint density at radius 2 is 1.64 bits per heavy atom. The lowest BCUT2D eigenvalue weighted by atomic mass is 9.94. The fourth-order valence-corrected chi connectivity index (χ4v) is 4.43. The van der Waals surface area contributed by atoms with Crippen LogP contribution in [0, 0.1) is 5.92 Å². The van der Waals surface area contributed by atoms with E-state index in [-0.39, 0.29) is 17.9 Å². The van der Waals surface area contributed by atoms with E-state index < -0.39 is 11.7 Å². The molecule has 1 amide bonds. The molecule has 1 unspecified atom stereocenters. The number of nitrogens with zero attached hydrogens (tertiary/aromatic N) is 2. The van der Waals surface area contributed by atoms with Crippen LogP contribution < -0.4 is 10.5 Å². The van der Waals surface area contributed by atoms with Crippen LogP contribution in [0.5, 0.6) is 5.75 Å². The van der Waals surface area contributed by atoms with Crippen molar-refractivity contribution in [1.29, 1.82) is 0 Å².